The van der Waals surface area contributed by atoms with Crippen LogP contribution in [0.4, 0.5) is 5.82 Å². The number of para-hydroxylation sites is 1. The Bertz CT molecular complexity index is 625. The molecule has 3 heteroatoms. The molecule has 1 N–H and O–H groups in total. The number of aromatic nitrogens is 1. The highest BCUT2D eigenvalue weighted by Gasteiger charge is 2.40. The first-order chi connectivity index (χ1) is 9.29. The third-order valence-electron chi connectivity index (χ3n) is 4.34. The second kappa shape index (κ2) is 4.20. The van der Waals surface area contributed by atoms with Gasteiger partial charge in [0.25, 0.3) is 0 Å². The van der Waals surface area contributed by atoms with Crippen molar-refractivity contribution in [1.82, 2.24) is 4.98 Å². The third kappa shape index (κ3) is 1.89. The Kier molecular flexibility index (Phi) is 2.49. The number of nitrogens with one attached hydrogen (secondary N) is 1. The van der Waals surface area contributed by atoms with Gasteiger partial charge in [-0.2, -0.15) is 0 Å². The van der Waals surface area contributed by atoms with E-state index in [4.69, 9.17) is 9.72 Å². The molecule has 2 aliphatic rings. The van der Waals surface area contributed by atoms with E-state index in [2.05, 4.69) is 36.5 Å². The fraction of sp³-hybridized carbons (Fsp3) is 0.438. The Hall–Kier alpha value is -1.61. The number of anilines is 1. The van der Waals surface area contributed by atoms with Gasteiger partial charge in [0, 0.05) is 5.39 Å². The molecule has 0 spiro atoms. The molecule has 1 aromatic heterocycles. The van der Waals surface area contributed by atoms with Gasteiger partial charge in [0.1, 0.15) is 5.82 Å². The molecule has 3 atom stereocenters. The lowest BCUT2D eigenvalue weighted by molar-refractivity contribution is 0.102. The predicted octanol–water partition coefficient (Wildman–Crippen LogP) is 3.28. The number of hydrogen-bond donors (Lipinski definition) is 1. The molecule has 1 aromatic carbocycles. The zero-order valence-electron chi connectivity index (χ0n) is 11.1. The zero-order chi connectivity index (χ0) is 12.8. The molecule has 2 aromatic rings. The normalized spacial score (nSPS) is 29.0. The molecule has 0 radical (unpaired) electrons. The molecule has 4 rings (SSSR count). The van der Waals surface area contributed by atoms with Gasteiger partial charge in [0.2, 0.25) is 0 Å². The van der Waals surface area contributed by atoms with E-state index in [0.717, 1.165) is 17.8 Å². The first-order valence-electron chi connectivity index (χ1n) is 7.08. The van der Waals surface area contributed by atoms with E-state index < -0.39 is 0 Å². The number of ether oxygens (including phenoxy) is 1. The highest BCUT2D eigenvalue weighted by atomic mass is 16.5. The smallest absolute Gasteiger partial charge is 0.129 e. The van der Waals surface area contributed by atoms with Gasteiger partial charge in [-0.3, -0.25) is 0 Å². The molecule has 3 nitrogen and oxygen atoms in total. The summed E-state index contributed by atoms with van der Waals surface area (Å²) < 4.78 is 5.89. The summed E-state index contributed by atoms with van der Waals surface area (Å²) in [5, 5.41) is 4.80. The molecule has 2 aliphatic heterocycles. The van der Waals surface area contributed by atoms with Crippen LogP contribution >= 0.6 is 0 Å². The Labute approximate surface area is 113 Å². The zero-order valence-corrected chi connectivity index (χ0v) is 11.1. The predicted molar refractivity (Wildman–Crippen MR) is 76.4 cm³/mol. The van der Waals surface area contributed by atoms with Gasteiger partial charge >= 0.3 is 0 Å². The summed E-state index contributed by atoms with van der Waals surface area (Å²) in [7, 11) is 0. The second-order valence-electron chi connectivity index (χ2n) is 5.71. The summed E-state index contributed by atoms with van der Waals surface area (Å²) in [6.45, 7) is 2.12. The monoisotopic (exact) mass is 254 g/mol. The molecule has 98 valence electrons. The molecular weight excluding hydrogens is 236 g/mol. The molecule has 2 bridgehead atoms. The summed E-state index contributed by atoms with van der Waals surface area (Å²) in [6, 6.07) is 10.9. The number of hydrogen-bond acceptors (Lipinski definition) is 3. The van der Waals surface area contributed by atoms with Crippen molar-refractivity contribution < 1.29 is 4.74 Å². The average Bonchev–Trinajstić information content (AvgIpc) is 3.02. The maximum Gasteiger partial charge on any atom is 0.129 e. The summed E-state index contributed by atoms with van der Waals surface area (Å²) in [5.41, 5.74) is 2.26. The van der Waals surface area contributed by atoms with Crippen molar-refractivity contribution in [3.05, 3.63) is 35.9 Å². The van der Waals surface area contributed by atoms with Crippen LogP contribution in [0.15, 0.2) is 30.3 Å². The van der Waals surface area contributed by atoms with Crippen molar-refractivity contribution in [1.29, 1.82) is 0 Å². The first-order valence-corrected chi connectivity index (χ1v) is 7.08. The summed E-state index contributed by atoms with van der Waals surface area (Å²) in [5.74, 6) is 1.01. The molecule has 0 aliphatic carbocycles. The van der Waals surface area contributed by atoms with E-state index in [1.54, 1.807) is 0 Å². The van der Waals surface area contributed by atoms with Crippen LogP contribution in [0, 0.1) is 6.92 Å². The van der Waals surface area contributed by atoms with Crippen LogP contribution in [-0.2, 0) is 4.74 Å². The largest absolute Gasteiger partial charge is 0.373 e. The summed E-state index contributed by atoms with van der Waals surface area (Å²) >= 11 is 0. The van der Waals surface area contributed by atoms with Gasteiger partial charge in [0.15, 0.2) is 0 Å². The highest BCUT2D eigenvalue weighted by Crippen LogP contribution is 2.36. The van der Waals surface area contributed by atoms with E-state index in [1.807, 2.05) is 6.07 Å². The van der Waals surface area contributed by atoms with Crippen molar-refractivity contribution in [2.45, 2.75) is 44.4 Å². The Balaban J connectivity index is 1.65. The Morgan fingerprint density at radius 2 is 2.16 bits per heavy atom. The minimum Gasteiger partial charge on any atom is -0.373 e. The lowest BCUT2D eigenvalue weighted by Gasteiger charge is -2.21. The van der Waals surface area contributed by atoms with Gasteiger partial charge in [-0.25, -0.2) is 4.98 Å². The fourth-order valence-electron chi connectivity index (χ4n) is 3.33. The van der Waals surface area contributed by atoms with E-state index >= 15 is 0 Å². The second-order valence-corrected chi connectivity index (χ2v) is 5.71. The van der Waals surface area contributed by atoms with E-state index in [9.17, 15) is 0 Å². The van der Waals surface area contributed by atoms with Crippen LogP contribution in [-0.4, -0.2) is 23.2 Å². The number of fused-ring (bicyclic) bond motifs is 3. The molecule has 19 heavy (non-hydrogen) atoms. The van der Waals surface area contributed by atoms with Gasteiger partial charge in [-0.05, 0) is 43.9 Å². The van der Waals surface area contributed by atoms with Gasteiger partial charge in [0.05, 0.1) is 23.8 Å². The molecule has 3 heterocycles. The molecule has 2 saturated heterocycles. The average molecular weight is 254 g/mol. The van der Waals surface area contributed by atoms with Crippen LogP contribution in [0.25, 0.3) is 10.9 Å². The van der Waals surface area contributed by atoms with Crippen LogP contribution in [0.3, 0.4) is 0 Å². The van der Waals surface area contributed by atoms with Gasteiger partial charge in [-0.1, -0.05) is 18.2 Å². The maximum absolute atomic E-state index is 5.89. The summed E-state index contributed by atoms with van der Waals surface area (Å²) in [6.07, 6.45) is 4.40. The number of pyridine rings is 1. The van der Waals surface area contributed by atoms with Gasteiger partial charge < -0.3 is 10.1 Å². The van der Waals surface area contributed by atoms with Crippen molar-refractivity contribution in [2.75, 3.05) is 5.32 Å². The van der Waals surface area contributed by atoms with Crippen LogP contribution < -0.4 is 5.32 Å². The quantitative estimate of drug-likeness (QED) is 0.893. The SMILES string of the molecule is Cc1cc2ccccc2nc1NC1CC2CCC1O2. The number of aryl methyl sites for hydroxylation is 1. The summed E-state index contributed by atoms with van der Waals surface area (Å²) in [4.78, 5) is 4.76. The van der Waals surface area contributed by atoms with E-state index in [-0.39, 0.29) is 0 Å². The minimum absolute atomic E-state index is 0.387. The highest BCUT2D eigenvalue weighted by molar-refractivity contribution is 5.81. The molecule has 0 saturated carbocycles. The van der Waals surface area contributed by atoms with Crippen molar-refractivity contribution in [3.8, 4) is 0 Å². The number of nitrogens with zero attached hydrogens (tertiary/aromatic N) is 1. The molecule has 3 unspecified atom stereocenters. The lowest BCUT2D eigenvalue weighted by atomic mass is 9.95. The minimum atomic E-state index is 0.387. The van der Waals surface area contributed by atoms with Crippen molar-refractivity contribution >= 4 is 16.7 Å². The standard InChI is InChI=1S/C16H18N2O/c1-10-8-11-4-2-3-5-13(11)17-16(10)18-14-9-12-6-7-15(14)19-12/h2-5,8,12,14-15H,6-7,9H2,1H3,(H,17,18). The maximum atomic E-state index is 5.89. The molecule has 2 fully saturated rings. The van der Waals surface area contributed by atoms with Crippen LogP contribution in [0.5, 0.6) is 0 Å². The van der Waals surface area contributed by atoms with E-state index in [1.165, 1.54) is 23.8 Å². The Morgan fingerprint density at radius 1 is 1.26 bits per heavy atom. The Morgan fingerprint density at radius 3 is 2.95 bits per heavy atom. The molecular formula is C16H18N2O. The van der Waals surface area contributed by atoms with Crippen LogP contribution in [0.1, 0.15) is 24.8 Å². The lowest BCUT2D eigenvalue weighted by Crippen LogP contribution is -2.31. The van der Waals surface area contributed by atoms with E-state index in [0.29, 0.717) is 18.2 Å². The van der Waals surface area contributed by atoms with Crippen molar-refractivity contribution in [2.24, 2.45) is 0 Å². The topological polar surface area (TPSA) is 34.2 Å². The number of rotatable bonds is 2. The first kappa shape index (κ1) is 11.2. The van der Waals surface area contributed by atoms with Crippen LogP contribution in [0.2, 0.25) is 0 Å². The third-order valence-corrected chi connectivity index (χ3v) is 4.34. The number of benzene rings is 1. The van der Waals surface area contributed by atoms with Crippen molar-refractivity contribution in [3.63, 3.8) is 0 Å². The molecule has 0 amide bonds. The van der Waals surface area contributed by atoms with Gasteiger partial charge in [-0.15, -0.1) is 0 Å². The fourth-order valence-corrected chi connectivity index (χ4v) is 3.33.